The van der Waals surface area contributed by atoms with Crippen molar-refractivity contribution in [2.45, 2.75) is 19.3 Å². The Morgan fingerprint density at radius 1 is 1.10 bits per heavy atom. The molecule has 0 aliphatic heterocycles. The number of hydrogen-bond acceptors (Lipinski definition) is 2. The second kappa shape index (κ2) is 4.96. The van der Waals surface area contributed by atoms with Crippen LogP contribution in [0.5, 0.6) is 0 Å². The molecule has 0 radical (unpaired) electrons. The first-order valence-corrected chi connectivity index (χ1v) is 6.72. The average molecular weight is 269 g/mol. The molecular weight excluding hydrogens is 254 g/mol. The van der Waals surface area contributed by atoms with Gasteiger partial charge in [-0.1, -0.05) is 30.7 Å². The molecule has 1 aliphatic carbocycles. The zero-order chi connectivity index (χ0) is 14.1. The highest BCUT2D eigenvalue weighted by Gasteiger charge is 2.26. The van der Waals surface area contributed by atoms with E-state index in [2.05, 4.69) is 5.32 Å². The Morgan fingerprint density at radius 2 is 1.75 bits per heavy atom. The minimum atomic E-state index is -1.03. The van der Waals surface area contributed by atoms with Crippen molar-refractivity contribution < 1.29 is 14.7 Å². The Bertz CT molecular complexity index is 689. The van der Waals surface area contributed by atoms with Gasteiger partial charge in [-0.25, -0.2) is 4.79 Å². The zero-order valence-electron chi connectivity index (χ0n) is 10.9. The van der Waals surface area contributed by atoms with Crippen LogP contribution in [0.15, 0.2) is 36.4 Å². The lowest BCUT2D eigenvalue weighted by Gasteiger charge is -2.24. The summed E-state index contributed by atoms with van der Waals surface area (Å²) in [6.07, 6.45) is 2.85. The van der Waals surface area contributed by atoms with E-state index in [4.69, 9.17) is 0 Å². The number of carboxylic acid groups (broad SMARTS) is 1. The van der Waals surface area contributed by atoms with E-state index >= 15 is 0 Å². The molecule has 2 aromatic carbocycles. The molecule has 1 amide bonds. The number of benzene rings is 2. The maximum absolute atomic E-state index is 12.0. The molecule has 1 aliphatic rings. The number of anilines is 1. The Labute approximate surface area is 116 Å². The predicted octanol–water partition coefficient (Wildman–Crippen LogP) is 3.28. The molecule has 0 saturated heterocycles. The molecule has 2 aromatic rings. The molecule has 0 unspecified atom stereocenters. The highest BCUT2D eigenvalue weighted by molar-refractivity contribution is 6.05. The van der Waals surface area contributed by atoms with E-state index in [0.29, 0.717) is 5.69 Å². The quantitative estimate of drug-likeness (QED) is 0.898. The van der Waals surface area contributed by atoms with Gasteiger partial charge in [0, 0.05) is 5.92 Å². The minimum Gasteiger partial charge on any atom is -0.478 e. The summed E-state index contributed by atoms with van der Waals surface area (Å²) in [4.78, 5) is 23.4. The van der Waals surface area contributed by atoms with Crippen LogP contribution in [-0.4, -0.2) is 17.0 Å². The van der Waals surface area contributed by atoms with Crippen LogP contribution in [0.4, 0.5) is 5.69 Å². The molecular formula is C16H15NO3. The summed E-state index contributed by atoms with van der Waals surface area (Å²) in [5.41, 5.74) is 0.518. The highest BCUT2D eigenvalue weighted by atomic mass is 16.4. The fourth-order valence-corrected chi connectivity index (χ4v) is 2.43. The molecule has 0 bridgehead atoms. The van der Waals surface area contributed by atoms with Crippen molar-refractivity contribution in [3.63, 3.8) is 0 Å². The van der Waals surface area contributed by atoms with Gasteiger partial charge in [0.25, 0.3) is 0 Å². The molecule has 4 nitrogen and oxygen atoms in total. The Morgan fingerprint density at radius 3 is 2.30 bits per heavy atom. The van der Waals surface area contributed by atoms with Crippen LogP contribution in [0.1, 0.15) is 29.6 Å². The molecule has 102 valence electrons. The third-order valence-corrected chi connectivity index (χ3v) is 3.85. The average Bonchev–Trinajstić information content (AvgIpc) is 2.35. The summed E-state index contributed by atoms with van der Waals surface area (Å²) in [5, 5.41) is 13.8. The van der Waals surface area contributed by atoms with Crippen LogP contribution in [0.3, 0.4) is 0 Å². The number of rotatable bonds is 3. The monoisotopic (exact) mass is 269 g/mol. The molecule has 1 fully saturated rings. The Hall–Kier alpha value is -2.36. The Balaban J connectivity index is 2.00. The van der Waals surface area contributed by atoms with Crippen molar-refractivity contribution in [3.8, 4) is 0 Å². The standard InChI is InChI=1S/C16H15NO3/c18-15(10-6-3-7-10)17-14-9-12-5-2-1-4-11(12)8-13(14)16(19)20/h1-2,4-5,8-10H,3,6-7H2,(H,17,18)(H,19,20). The van der Waals surface area contributed by atoms with Gasteiger partial charge in [-0.2, -0.15) is 0 Å². The first-order valence-electron chi connectivity index (χ1n) is 6.72. The minimum absolute atomic E-state index is 0.0307. The van der Waals surface area contributed by atoms with Gasteiger partial charge in [0.15, 0.2) is 0 Å². The molecule has 1 saturated carbocycles. The number of aromatic carboxylic acids is 1. The summed E-state index contributed by atoms with van der Waals surface area (Å²) in [5.74, 6) is -1.07. The first-order chi connectivity index (χ1) is 9.65. The van der Waals surface area contributed by atoms with Crippen LogP contribution in [0.25, 0.3) is 10.8 Å². The van der Waals surface area contributed by atoms with E-state index in [1.165, 1.54) is 0 Å². The molecule has 2 N–H and O–H groups in total. The van der Waals surface area contributed by atoms with Crippen LogP contribution in [0.2, 0.25) is 0 Å². The number of carbonyl (C=O) groups is 2. The summed E-state index contributed by atoms with van der Waals surface area (Å²) < 4.78 is 0. The normalized spacial score (nSPS) is 14.8. The van der Waals surface area contributed by atoms with E-state index in [0.717, 1.165) is 30.0 Å². The third kappa shape index (κ3) is 2.25. The highest BCUT2D eigenvalue weighted by Crippen LogP contribution is 2.29. The maximum atomic E-state index is 12.0. The van der Waals surface area contributed by atoms with Crippen molar-refractivity contribution in [2.24, 2.45) is 5.92 Å². The van der Waals surface area contributed by atoms with Gasteiger partial charge in [0.2, 0.25) is 5.91 Å². The van der Waals surface area contributed by atoms with E-state index in [9.17, 15) is 14.7 Å². The maximum Gasteiger partial charge on any atom is 0.337 e. The summed E-state index contributed by atoms with van der Waals surface area (Å²) in [6.45, 7) is 0. The lowest BCUT2D eigenvalue weighted by atomic mass is 9.84. The predicted molar refractivity (Wildman–Crippen MR) is 76.9 cm³/mol. The Kier molecular flexibility index (Phi) is 3.14. The topological polar surface area (TPSA) is 66.4 Å². The van der Waals surface area contributed by atoms with E-state index in [-0.39, 0.29) is 17.4 Å². The molecule has 3 rings (SSSR count). The number of fused-ring (bicyclic) bond motifs is 1. The second-order valence-corrected chi connectivity index (χ2v) is 5.17. The van der Waals surface area contributed by atoms with Gasteiger partial charge in [0.05, 0.1) is 11.3 Å². The summed E-state index contributed by atoms with van der Waals surface area (Å²) in [7, 11) is 0. The van der Waals surface area contributed by atoms with Crippen LogP contribution in [-0.2, 0) is 4.79 Å². The number of carboxylic acids is 1. The SMILES string of the molecule is O=C(O)c1cc2ccccc2cc1NC(=O)C1CCC1. The zero-order valence-corrected chi connectivity index (χ0v) is 10.9. The molecule has 0 heterocycles. The van der Waals surface area contributed by atoms with Crippen molar-refractivity contribution in [1.82, 2.24) is 0 Å². The smallest absolute Gasteiger partial charge is 0.337 e. The van der Waals surface area contributed by atoms with Gasteiger partial charge in [-0.3, -0.25) is 4.79 Å². The fraction of sp³-hybridized carbons (Fsp3) is 0.250. The van der Waals surface area contributed by atoms with Crippen LogP contribution in [0, 0.1) is 5.92 Å². The lowest BCUT2D eigenvalue weighted by Crippen LogP contribution is -2.28. The third-order valence-electron chi connectivity index (χ3n) is 3.85. The van der Waals surface area contributed by atoms with E-state index in [1.54, 1.807) is 12.1 Å². The van der Waals surface area contributed by atoms with E-state index in [1.807, 2.05) is 24.3 Å². The number of carbonyl (C=O) groups excluding carboxylic acids is 1. The molecule has 0 aromatic heterocycles. The number of amides is 1. The van der Waals surface area contributed by atoms with Gasteiger partial charge in [0.1, 0.15) is 0 Å². The van der Waals surface area contributed by atoms with Gasteiger partial charge in [-0.05, 0) is 35.7 Å². The fourth-order valence-electron chi connectivity index (χ4n) is 2.43. The molecule has 0 spiro atoms. The van der Waals surface area contributed by atoms with Crippen molar-refractivity contribution in [3.05, 3.63) is 42.0 Å². The molecule has 4 heteroatoms. The van der Waals surface area contributed by atoms with Crippen molar-refractivity contribution in [2.75, 3.05) is 5.32 Å². The summed E-state index contributed by atoms with van der Waals surface area (Å²) in [6, 6.07) is 10.9. The lowest BCUT2D eigenvalue weighted by molar-refractivity contribution is -0.122. The first kappa shape index (κ1) is 12.7. The number of hydrogen-bond donors (Lipinski definition) is 2. The van der Waals surface area contributed by atoms with Crippen molar-refractivity contribution >= 4 is 28.3 Å². The van der Waals surface area contributed by atoms with Crippen LogP contribution < -0.4 is 5.32 Å². The summed E-state index contributed by atoms with van der Waals surface area (Å²) >= 11 is 0. The molecule has 0 atom stereocenters. The molecule has 20 heavy (non-hydrogen) atoms. The van der Waals surface area contributed by atoms with Crippen molar-refractivity contribution in [1.29, 1.82) is 0 Å². The largest absolute Gasteiger partial charge is 0.478 e. The van der Waals surface area contributed by atoms with Gasteiger partial charge < -0.3 is 10.4 Å². The van der Waals surface area contributed by atoms with Gasteiger partial charge >= 0.3 is 5.97 Å². The van der Waals surface area contributed by atoms with Gasteiger partial charge in [-0.15, -0.1) is 0 Å². The second-order valence-electron chi connectivity index (χ2n) is 5.17. The van der Waals surface area contributed by atoms with Crippen LogP contribution >= 0.6 is 0 Å². The van der Waals surface area contributed by atoms with E-state index < -0.39 is 5.97 Å². The number of nitrogens with one attached hydrogen (secondary N) is 1.